The molecule has 1 aromatic rings. The number of unbranched alkanes of at least 4 members (excludes halogenated alkanes) is 1. The van der Waals surface area contributed by atoms with Crippen LogP contribution in [0.5, 0.6) is 0 Å². The highest BCUT2D eigenvalue weighted by Crippen LogP contribution is 2.17. The van der Waals surface area contributed by atoms with Gasteiger partial charge in [0.05, 0.1) is 0 Å². The van der Waals surface area contributed by atoms with Crippen molar-refractivity contribution in [3.63, 3.8) is 0 Å². The number of hydrogen-bond acceptors (Lipinski definition) is 3. The molecule has 0 aromatic carbocycles. The Bertz CT molecular complexity index is 514. The average Bonchev–Trinajstić information content (AvgIpc) is 3.16. The highest BCUT2D eigenvalue weighted by molar-refractivity contribution is 5.80. The summed E-state index contributed by atoms with van der Waals surface area (Å²) in [7, 11) is 1.99. The molecule has 6 heteroatoms. The first-order valence-electron chi connectivity index (χ1n) is 9.46. The highest BCUT2D eigenvalue weighted by Gasteiger charge is 2.16. The maximum atomic E-state index is 4.74. The van der Waals surface area contributed by atoms with Crippen molar-refractivity contribution in [2.24, 2.45) is 18.0 Å². The summed E-state index contributed by atoms with van der Waals surface area (Å²) in [5.74, 6) is 3.54. The van der Waals surface area contributed by atoms with Crippen LogP contribution in [-0.4, -0.2) is 33.3 Å². The fourth-order valence-corrected chi connectivity index (χ4v) is 3.04. The van der Waals surface area contributed by atoms with E-state index in [4.69, 9.17) is 4.99 Å². The number of nitrogens with one attached hydrogen (secondary N) is 2. The Labute approximate surface area is 146 Å². The molecule has 24 heavy (non-hydrogen) atoms. The van der Waals surface area contributed by atoms with Gasteiger partial charge in [-0.05, 0) is 32.1 Å². The van der Waals surface area contributed by atoms with E-state index in [1.807, 2.05) is 18.5 Å². The maximum Gasteiger partial charge on any atom is 0.191 e. The lowest BCUT2D eigenvalue weighted by Gasteiger charge is -2.17. The van der Waals surface area contributed by atoms with Gasteiger partial charge >= 0.3 is 0 Å². The molecule has 0 spiro atoms. The van der Waals surface area contributed by atoms with Crippen LogP contribution in [0.3, 0.4) is 0 Å². The molecule has 0 unspecified atom stereocenters. The molecule has 1 fully saturated rings. The van der Waals surface area contributed by atoms with E-state index in [1.165, 1.54) is 44.9 Å². The Morgan fingerprint density at radius 3 is 2.62 bits per heavy atom. The molecule has 1 aliphatic carbocycles. The van der Waals surface area contributed by atoms with E-state index < -0.39 is 0 Å². The van der Waals surface area contributed by atoms with E-state index in [2.05, 4.69) is 34.7 Å². The topological polar surface area (TPSA) is 67.1 Å². The number of rotatable bonds is 8. The predicted molar refractivity (Wildman–Crippen MR) is 99.0 cm³/mol. The molecule has 0 radical (unpaired) electrons. The van der Waals surface area contributed by atoms with Gasteiger partial charge in [-0.1, -0.05) is 39.5 Å². The van der Waals surface area contributed by atoms with E-state index in [9.17, 15) is 0 Å². The maximum absolute atomic E-state index is 4.74. The highest BCUT2D eigenvalue weighted by atomic mass is 15.3. The molecule has 0 bridgehead atoms. The van der Waals surface area contributed by atoms with Gasteiger partial charge in [-0.15, -0.1) is 10.2 Å². The molecule has 0 saturated heterocycles. The molecule has 1 aromatic heterocycles. The molecule has 1 saturated carbocycles. The first-order valence-corrected chi connectivity index (χ1v) is 9.46. The summed E-state index contributed by atoms with van der Waals surface area (Å²) in [6.45, 7) is 8.06. The van der Waals surface area contributed by atoms with Crippen molar-refractivity contribution in [1.29, 1.82) is 0 Å². The third-order valence-corrected chi connectivity index (χ3v) is 4.76. The van der Waals surface area contributed by atoms with Crippen LogP contribution in [-0.2, 0) is 13.6 Å². The molecule has 0 atom stereocenters. The first-order chi connectivity index (χ1) is 11.6. The van der Waals surface area contributed by atoms with E-state index in [-0.39, 0.29) is 0 Å². The Hall–Kier alpha value is -1.59. The van der Waals surface area contributed by atoms with Gasteiger partial charge in [0.25, 0.3) is 0 Å². The summed E-state index contributed by atoms with van der Waals surface area (Å²) < 4.78 is 2.00. The fourth-order valence-electron chi connectivity index (χ4n) is 3.04. The normalized spacial score (nSPS) is 16.1. The summed E-state index contributed by atoms with van der Waals surface area (Å²) in [6.07, 6.45) is 8.89. The minimum Gasteiger partial charge on any atom is -0.356 e. The van der Waals surface area contributed by atoms with Crippen molar-refractivity contribution in [2.45, 2.75) is 78.3 Å². The average molecular weight is 335 g/mol. The third kappa shape index (κ3) is 6.13. The third-order valence-electron chi connectivity index (χ3n) is 4.76. The van der Waals surface area contributed by atoms with Crippen LogP contribution in [0.1, 0.15) is 70.4 Å². The van der Waals surface area contributed by atoms with Crippen LogP contribution in [0.4, 0.5) is 0 Å². The molecule has 2 rings (SSSR count). The van der Waals surface area contributed by atoms with Gasteiger partial charge in [0.2, 0.25) is 0 Å². The number of aromatic nitrogens is 3. The summed E-state index contributed by atoms with van der Waals surface area (Å²) in [5.41, 5.74) is 0. The van der Waals surface area contributed by atoms with Gasteiger partial charge < -0.3 is 15.2 Å². The van der Waals surface area contributed by atoms with Gasteiger partial charge in [-0.3, -0.25) is 0 Å². The van der Waals surface area contributed by atoms with Crippen LogP contribution in [0.2, 0.25) is 0 Å². The zero-order valence-corrected chi connectivity index (χ0v) is 15.8. The molecule has 1 aliphatic rings. The van der Waals surface area contributed by atoms with E-state index >= 15 is 0 Å². The largest absolute Gasteiger partial charge is 0.356 e. The predicted octanol–water partition coefficient (Wildman–Crippen LogP) is 2.93. The van der Waals surface area contributed by atoms with Crippen LogP contribution < -0.4 is 10.6 Å². The van der Waals surface area contributed by atoms with Gasteiger partial charge in [0.15, 0.2) is 11.8 Å². The van der Waals surface area contributed by atoms with Crippen molar-refractivity contribution in [1.82, 2.24) is 25.4 Å². The fraction of sp³-hybridized carbons (Fsp3) is 0.833. The number of guanidine groups is 1. The molecule has 2 N–H and O–H groups in total. The van der Waals surface area contributed by atoms with Gasteiger partial charge in [0, 0.05) is 19.6 Å². The lowest BCUT2D eigenvalue weighted by atomic mass is 10.1. The zero-order valence-electron chi connectivity index (χ0n) is 15.8. The standard InChI is InChI=1S/C18H34N6/c1-14(2)9-7-8-12-19-18(21-16-10-5-6-11-16)20-13-17-23-22-15(3)24(17)4/h14,16H,5-13H2,1-4H3,(H2,19,20,21). The van der Waals surface area contributed by atoms with Gasteiger partial charge in [0.1, 0.15) is 12.4 Å². The van der Waals surface area contributed by atoms with Crippen molar-refractivity contribution < 1.29 is 0 Å². The van der Waals surface area contributed by atoms with Gasteiger partial charge in [-0.2, -0.15) is 0 Å². The summed E-state index contributed by atoms with van der Waals surface area (Å²) in [6, 6.07) is 0.563. The van der Waals surface area contributed by atoms with Crippen LogP contribution in [0.15, 0.2) is 4.99 Å². The Kier molecular flexibility index (Phi) is 7.53. The second-order valence-electron chi connectivity index (χ2n) is 7.33. The van der Waals surface area contributed by atoms with Crippen LogP contribution >= 0.6 is 0 Å². The second-order valence-corrected chi connectivity index (χ2v) is 7.33. The minimum absolute atomic E-state index is 0.561. The van der Waals surface area contributed by atoms with E-state index in [0.29, 0.717) is 12.6 Å². The lowest BCUT2D eigenvalue weighted by Crippen LogP contribution is -2.42. The SMILES string of the molecule is Cc1nnc(CN=C(NCCCCC(C)C)NC2CCCC2)n1C. The summed E-state index contributed by atoms with van der Waals surface area (Å²) >= 11 is 0. The summed E-state index contributed by atoms with van der Waals surface area (Å²) in [5, 5.41) is 15.4. The van der Waals surface area contributed by atoms with Crippen molar-refractivity contribution >= 4 is 5.96 Å². The number of aliphatic imine (C=N–C) groups is 1. The number of nitrogens with zero attached hydrogens (tertiary/aromatic N) is 4. The Balaban J connectivity index is 1.86. The Morgan fingerprint density at radius 2 is 2.00 bits per heavy atom. The Morgan fingerprint density at radius 1 is 1.25 bits per heavy atom. The molecule has 6 nitrogen and oxygen atoms in total. The minimum atomic E-state index is 0.561. The lowest BCUT2D eigenvalue weighted by molar-refractivity contribution is 0.532. The molecule has 136 valence electrons. The zero-order chi connectivity index (χ0) is 17.4. The van der Waals surface area contributed by atoms with E-state index in [1.54, 1.807) is 0 Å². The first kappa shape index (κ1) is 18.7. The monoisotopic (exact) mass is 334 g/mol. The smallest absolute Gasteiger partial charge is 0.191 e. The molecular weight excluding hydrogens is 300 g/mol. The van der Waals surface area contributed by atoms with Crippen molar-refractivity contribution in [3.05, 3.63) is 11.6 Å². The van der Waals surface area contributed by atoms with E-state index in [0.717, 1.165) is 30.1 Å². The summed E-state index contributed by atoms with van der Waals surface area (Å²) in [4.78, 5) is 4.74. The molecule has 0 aliphatic heterocycles. The number of aryl methyl sites for hydroxylation is 1. The van der Waals surface area contributed by atoms with Crippen LogP contribution in [0.25, 0.3) is 0 Å². The van der Waals surface area contributed by atoms with Gasteiger partial charge in [-0.25, -0.2) is 4.99 Å². The second kappa shape index (κ2) is 9.64. The quantitative estimate of drug-likeness (QED) is 0.436. The van der Waals surface area contributed by atoms with Crippen molar-refractivity contribution in [3.8, 4) is 0 Å². The number of hydrogen-bond donors (Lipinski definition) is 2. The molecular formula is C18H34N6. The van der Waals surface area contributed by atoms with Crippen molar-refractivity contribution in [2.75, 3.05) is 6.54 Å². The molecule has 1 heterocycles. The van der Waals surface area contributed by atoms with Crippen LogP contribution in [0, 0.1) is 12.8 Å². The molecule has 0 amide bonds.